The summed E-state index contributed by atoms with van der Waals surface area (Å²) in [6, 6.07) is 19.9. The average Bonchev–Trinajstić information content (AvgIpc) is 3.19. The van der Waals surface area contributed by atoms with Crippen molar-refractivity contribution >= 4 is 16.7 Å². The molecule has 166 valence electrons. The van der Waals surface area contributed by atoms with Gasteiger partial charge in [-0.15, -0.1) is 0 Å². The maximum absolute atomic E-state index is 13.5. The van der Waals surface area contributed by atoms with Crippen molar-refractivity contribution in [1.82, 2.24) is 5.32 Å². The van der Waals surface area contributed by atoms with Crippen molar-refractivity contribution in [3.63, 3.8) is 0 Å². The van der Waals surface area contributed by atoms with Crippen LogP contribution in [0, 0.1) is 5.82 Å². The Hall–Kier alpha value is -3.19. The smallest absolute Gasteiger partial charge is 0.143 e. The SMILES string of the molecule is CNC(C)(O)c1c(-c2ccc(F)cc2)oc2cc(N(C)CCO)c(-c3ccccc3)cc12. The number of nitrogens with one attached hydrogen (secondary N) is 1. The normalized spacial score (nSPS) is 13.3. The van der Waals surface area contributed by atoms with E-state index in [0.29, 0.717) is 29.0 Å². The first kappa shape index (κ1) is 22.0. The lowest BCUT2D eigenvalue weighted by molar-refractivity contribution is 0.0297. The van der Waals surface area contributed by atoms with Crippen LogP contribution in [0.25, 0.3) is 33.4 Å². The minimum atomic E-state index is -1.39. The van der Waals surface area contributed by atoms with Crippen molar-refractivity contribution in [2.75, 3.05) is 32.1 Å². The van der Waals surface area contributed by atoms with Gasteiger partial charge in [-0.1, -0.05) is 30.3 Å². The zero-order chi connectivity index (χ0) is 22.9. The zero-order valence-corrected chi connectivity index (χ0v) is 18.4. The van der Waals surface area contributed by atoms with Gasteiger partial charge in [-0.3, -0.25) is 5.32 Å². The maximum Gasteiger partial charge on any atom is 0.143 e. The lowest BCUT2D eigenvalue weighted by Crippen LogP contribution is -2.36. The summed E-state index contributed by atoms with van der Waals surface area (Å²) in [6.45, 7) is 2.14. The van der Waals surface area contributed by atoms with Crippen LogP contribution >= 0.6 is 0 Å². The molecule has 1 heterocycles. The topological polar surface area (TPSA) is 68.9 Å². The van der Waals surface area contributed by atoms with E-state index in [4.69, 9.17) is 4.42 Å². The number of hydrogen-bond acceptors (Lipinski definition) is 5. The van der Waals surface area contributed by atoms with Crippen molar-refractivity contribution in [1.29, 1.82) is 0 Å². The van der Waals surface area contributed by atoms with E-state index in [0.717, 1.165) is 22.2 Å². The molecule has 0 saturated heterocycles. The Kier molecular flexibility index (Phi) is 6.02. The van der Waals surface area contributed by atoms with Gasteiger partial charge in [-0.2, -0.15) is 0 Å². The van der Waals surface area contributed by atoms with Crippen LogP contribution in [0.1, 0.15) is 12.5 Å². The molecule has 0 amide bonds. The summed E-state index contributed by atoms with van der Waals surface area (Å²) in [5, 5.41) is 24.4. The van der Waals surface area contributed by atoms with Crippen LogP contribution in [0.5, 0.6) is 0 Å². The fraction of sp³-hybridized carbons (Fsp3) is 0.231. The van der Waals surface area contributed by atoms with Crippen molar-refractivity contribution in [2.45, 2.75) is 12.6 Å². The number of aliphatic hydroxyl groups is 2. The largest absolute Gasteiger partial charge is 0.456 e. The van der Waals surface area contributed by atoms with Crippen LogP contribution in [0.2, 0.25) is 0 Å². The standard InChI is InChI=1S/C26H27FN2O3/c1-26(31,28-2)24-21-15-20(17-7-5-4-6-8-17)22(29(3)13-14-30)16-23(21)32-25(24)18-9-11-19(27)12-10-18/h4-12,15-16,28,30-31H,13-14H2,1-3H3. The zero-order valence-electron chi connectivity index (χ0n) is 18.4. The number of likely N-dealkylation sites (N-methyl/N-ethyl adjacent to an activating group) is 1. The highest BCUT2D eigenvalue weighted by atomic mass is 19.1. The first-order valence-corrected chi connectivity index (χ1v) is 10.5. The summed E-state index contributed by atoms with van der Waals surface area (Å²) < 4.78 is 19.8. The summed E-state index contributed by atoms with van der Waals surface area (Å²) in [6.07, 6.45) is 0. The molecule has 0 saturated carbocycles. The Morgan fingerprint density at radius 2 is 1.72 bits per heavy atom. The Labute approximate surface area is 186 Å². The van der Waals surface area contributed by atoms with Crippen molar-refractivity contribution < 1.29 is 19.0 Å². The quantitative estimate of drug-likeness (QED) is 0.367. The molecule has 5 nitrogen and oxygen atoms in total. The number of aliphatic hydroxyl groups excluding tert-OH is 1. The minimum Gasteiger partial charge on any atom is -0.456 e. The summed E-state index contributed by atoms with van der Waals surface area (Å²) >= 11 is 0. The molecule has 4 rings (SSSR count). The van der Waals surface area contributed by atoms with Crippen LogP contribution in [-0.2, 0) is 5.72 Å². The van der Waals surface area contributed by atoms with Gasteiger partial charge >= 0.3 is 0 Å². The molecule has 0 spiro atoms. The highest BCUT2D eigenvalue weighted by Gasteiger charge is 2.31. The Morgan fingerprint density at radius 1 is 1.03 bits per heavy atom. The van der Waals surface area contributed by atoms with Crippen LogP contribution in [0.15, 0.2) is 71.1 Å². The van der Waals surface area contributed by atoms with Gasteiger partial charge in [0.25, 0.3) is 0 Å². The van der Waals surface area contributed by atoms with Gasteiger partial charge in [0, 0.05) is 41.9 Å². The summed E-state index contributed by atoms with van der Waals surface area (Å²) in [5.74, 6) is 0.131. The van der Waals surface area contributed by atoms with Gasteiger partial charge in [0.2, 0.25) is 0 Å². The predicted octanol–water partition coefficient (Wildman–Crippen LogP) is 4.72. The molecule has 32 heavy (non-hydrogen) atoms. The van der Waals surface area contributed by atoms with Gasteiger partial charge < -0.3 is 19.5 Å². The highest BCUT2D eigenvalue weighted by Crippen LogP contribution is 2.43. The molecule has 1 aromatic heterocycles. The molecule has 3 N–H and O–H groups in total. The van der Waals surface area contributed by atoms with E-state index in [1.165, 1.54) is 12.1 Å². The van der Waals surface area contributed by atoms with E-state index < -0.39 is 5.72 Å². The number of halogens is 1. The molecule has 6 heteroatoms. The Bertz CT molecular complexity index is 1220. The van der Waals surface area contributed by atoms with Crippen LogP contribution < -0.4 is 10.2 Å². The second kappa shape index (κ2) is 8.74. The van der Waals surface area contributed by atoms with Crippen molar-refractivity contribution in [2.24, 2.45) is 0 Å². The van der Waals surface area contributed by atoms with E-state index >= 15 is 0 Å². The molecule has 4 aromatic rings. The summed E-state index contributed by atoms with van der Waals surface area (Å²) in [5.41, 5.74) is 3.31. The number of fused-ring (bicyclic) bond motifs is 1. The van der Waals surface area contributed by atoms with Crippen molar-refractivity contribution in [3.8, 4) is 22.5 Å². The fourth-order valence-corrected chi connectivity index (χ4v) is 3.98. The number of benzene rings is 3. The summed E-state index contributed by atoms with van der Waals surface area (Å²) in [4.78, 5) is 1.97. The van der Waals surface area contributed by atoms with E-state index in [-0.39, 0.29) is 12.4 Å². The number of furan rings is 1. The fourth-order valence-electron chi connectivity index (χ4n) is 3.98. The van der Waals surface area contributed by atoms with Gasteiger partial charge in [-0.25, -0.2) is 4.39 Å². The third-order valence-electron chi connectivity index (χ3n) is 5.82. The van der Waals surface area contributed by atoms with E-state index in [1.807, 2.05) is 54.4 Å². The highest BCUT2D eigenvalue weighted by molar-refractivity contribution is 5.97. The number of anilines is 1. The van der Waals surface area contributed by atoms with Gasteiger partial charge in [0.1, 0.15) is 22.9 Å². The van der Waals surface area contributed by atoms with Crippen molar-refractivity contribution in [3.05, 3.63) is 78.1 Å². The lowest BCUT2D eigenvalue weighted by Gasteiger charge is -2.24. The number of nitrogens with zero attached hydrogens (tertiary/aromatic N) is 1. The van der Waals surface area contributed by atoms with Crippen LogP contribution in [-0.4, -0.2) is 37.5 Å². The Balaban J connectivity index is 2.05. The molecular formula is C26H27FN2O3. The summed E-state index contributed by atoms with van der Waals surface area (Å²) in [7, 11) is 3.59. The number of hydrogen-bond donors (Lipinski definition) is 3. The molecule has 0 aliphatic carbocycles. The van der Waals surface area contributed by atoms with Crippen LogP contribution in [0.4, 0.5) is 10.1 Å². The predicted molar refractivity (Wildman–Crippen MR) is 126 cm³/mol. The monoisotopic (exact) mass is 434 g/mol. The first-order chi connectivity index (χ1) is 15.4. The molecule has 0 aliphatic heterocycles. The Morgan fingerprint density at radius 3 is 2.34 bits per heavy atom. The molecule has 0 fully saturated rings. The van der Waals surface area contributed by atoms with E-state index in [2.05, 4.69) is 5.32 Å². The van der Waals surface area contributed by atoms with Gasteiger partial charge in [0.05, 0.1) is 12.2 Å². The van der Waals surface area contributed by atoms with Gasteiger partial charge in [-0.05, 0) is 49.9 Å². The minimum absolute atomic E-state index is 0.0153. The lowest BCUT2D eigenvalue weighted by atomic mass is 9.94. The van der Waals surface area contributed by atoms with Crippen LogP contribution in [0.3, 0.4) is 0 Å². The molecular weight excluding hydrogens is 407 g/mol. The molecule has 0 aliphatic rings. The molecule has 0 radical (unpaired) electrons. The third kappa shape index (κ3) is 4.00. The van der Waals surface area contributed by atoms with E-state index in [9.17, 15) is 14.6 Å². The molecule has 1 atom stereocenters. The molecule has 1 unspecified atom stereocenters. The average molecular weight is 435 g/mol. The number of rotatable bonds is 7. The second-order valence-electron chi connectivity index (χ2n) is 8.01. The second-order valence-corrected chi connectivity index (χ2v) is 8.01. The third-order valence-corrected chi connectivity index (χ3v) is 5.82. The molecule has 3 aromatic carbocycles. The maximum atomic E-state index is 13.5. The molecule has 0 bridgehead atoms. The van der Waals surface area contributed by atoms with Gasteiger partial charge in [0.15, 0.2) is 0 Å². The van der Waals surface area contributed by atoms with E-state index in [1.54, 1.807) is 26.1 Å². The first-order valence-electron chi connectivity index (χ1n) is 10.5.